The van der Waals surface area contributed by atoms with Crippen LogP contribution in [0.2, 0.25) is 0 Å². The molecule has 3 heterocycles. The summed E-state index contributed by atoms with van der Waals surface area (Å²) in [4.78, 5) is 11.9. The lowest BCUT2D eigenvalue weighted by Gasteiger charge is -1.96. The van der Waals surface area contributed by atoms with Crippen molar-refractivity contribution in [3.05, 3.63) is 40.1 Å². The summed E-state index contributed by atoms with van der Waals surface area (Å²) < 4.78 is 5.50. The number of hydrogen-bond donors (Lipinski definition) is 0. The topological polar surface area (TPSA) is 112 Å². The van der Waals surface area contributed by atoms with E-state index in [1.807, 2.05) is 6.92 Å². The molecule has 23 heavy (non-hydrogen) atoms. The molecule has 0 fully saturated rings. The van der Waals surface area contributed by atoms with E-state index >= 15 is 0 Å². The van der Waals surface area contributed by atoms with Crippen LogP contribution in [0.5, 0.6) is 0 Å². The second-order valence-electron chi connectivity index (χ2n) is 4.62. The molecule has 4 aromatic rings. The van der Waals surface area contributed by atoms with Crippen molar-refractivity contribution in [2.24, 2.45) is 0 Å². The van der Waals surface area contributed by atoms with E-state index in [4.69, 9.17) is 0 Å². The quantitative estimate of drug-likeness (QED) is 0.414. The van der Waals surface area contributed by atoms with Crippen molar-refractivity contribution in [3.63, 3.8) is 0 Å². The largest absolute Gasteiger partial charge is 0.270 e. The molecule has 0 atom stereocenters. The molecule has 1 aromatic carbocycles. The summed E-state index contributed by atoms with van der Waals surface area (Å²) in [6.45, 7) is 1.84. The maximum absolute atomic E-state index is 10.9. The number of rotatable bonds is 3. The summed E-state index contributed by atoms with van der Waals surface area (Å²) >= 11 is 2.54. The molecule has 11 heteroatoms. The van der Waals surface area contributed by atoms with E-state index in [0.717, 1.165) is 10.6 Å². The van der Waals surface area contributed by atoms with Gasteiger partial charge in [-0.1, -0.05) is 28.0 Å². The van der Waals surface area contributed by atoms with Crippen molar-refractivity contribution < 1.29 is 4.92 Å². The molecular weight excluding hydrogens is 338 g/mol. The first-order valence-corrected chi connectivity index (χ1v) is 7.99. The average Bonchev–Trinajstić information content (AvgIpc) is 3.22. The van der Waals surface area contributed by atoms with Gasteiger partial charge in [0, 0.05) is 17.7 Å². The van der Waals surface area contributed by atoms with E-state index in [-0.39, 0.29) is 5.69 Å². The minimum absolute atomic E-state index is 0.0243. The van der Waals surface area contributed by atoms with Crippen molar-refractivity contribution in [3.8, 4) is 21.3 Å². The third-order valence-electron chi connectivity index (χ3n) is 3.15. The molecule has 0 amide bonds. The maximum atomic E-state index is 10.9. The number of aromatic nitrogens is 6. The second-order valence-corrected chi connectivity index (χ2v) is 6.33. The Labute approximate surface area is 136 Å². The molecule has 0 unspecified atom stereocenters. The van der Waals surface area contributed by atoms with Crippen molar-refractivity contribution in [2.45, 2.75) is 6.92 Å². The molecule has 0 N–H and O–H groups in total. The summed E-state index contributed by atoms with van der Waals surface area (Å²) in [5.41, 5.74) is 1.45. The number of non-ortho nitro benzene ring substituents is 1. The fraction of sp³-hybridized carbons (Fsp3) is 0.0833. The molecule has 0 saturated heterocycles. The van der Waals surface area contributed by atoms with Gasteiger partial charge in [0.25, 0.3) is 5.69 Å². The number of hydrogen-bond acceptors (Lipinski definition) is 9. The van der Waals surface area contributed by atoms with E-state index in [0.29, 0.717) is 21.4 Å². The molecule has 0 aliphatic heterocycles. The van der Waals surface area contributed by atoms with Gasteiger partial charge in [-0.15, -0.1) is 15.3 Å². The normalized spacial score (nSPS) is 11.2. The summed E-state index contributed by atoms with van der Waals surface area (Å²) in [6, 6.07) is 6.35. The van der Waals surface area contributed by atoms with Crippen LogP contribution < -0.4 is 0 Å². The SMILES string of the molecule is Cc1nnsc1-c1nnc2sc(-c3cccc([N+](=O)[O-])c3)nn12. The van der Waals surface area contributed by atoms with Crippen LogP contribution in [0, 0.1) is 17.0 Å². The van der Waals surface area contributed by atoms with Crippen LogP contribution >= 0.6 is 22.9 Å². The monoisotopic (exact) mass is 345 g/mol. The Balaban J connectivity index is 1.84. The van der Waals surface area contributed by atoms with Gasteiger partial charge in [-0.3, -0.25) is 10.1 Å². The number of fused-ring (bicyclic) bond motifs is 1. The minimum atomic E-state index is -0.429. The average molecular weight is 345 g/mol. The van der Waals surface area contributed by atoms with Gasteiger partial charge >= 0.3 is 0 Å². The minimum Gasteiger partial charge on any atom is -0.258 e. The van der Waals surface area contributed by atoms with Crippen molar-refractivity contribution in [1.82, 2.24) is 29.4 Å². The first kappa shape index (κ1) is 13.8. The molecule has 0 bridgehead atoms. The Morgan fingerprint density at radius 3 is 2.87 bits per heavy atom. The van der Waals surface area contributed by atoms with E-state index in [9.17, 15) is 10.1 Å². The Kier molecular flexibility index (Phi) is 3.09. The number of nitro groups is 1. The molecule has 9 nitrogen and oxygen atoms in total. The maximum Gasteiger partial charge on any atom is 0.270 e. The van der Waals surface area contributed by atoms with E-state index in [2.05, 4.69) is 24.9 Å². The number of aryl methyl sites for hydroxylation is 1. The zero-order chi connectivity index (χ0) is 16.0. The van der Waals surface area contributed by atoms with Gasteiger partial charge in [0.1, 0.15) is 9.88 Å². The Bertz CT molecular complexity index is 1040. The van der Waals surface area contributed by atoms with Crippen LogP contribution in [0.3, 0.4) is 0 Å². The van der Waals surface area contributed by atoms with Gasteiger partial charge in [0.05, 0.1) is 10.6 Å². The first-order chi connectivity index (χ1) is 11.1. The predicted octanol–water partition coefficient (Wildman–Crippen LogP) is 2.59. The van der Waals surface area contributed by atoms with E-state index in [1.54, 1.807) is 16.6 Å². The molecule has 0 radical (unpaired) electrons. The fourth-order valence-corrected chi connectivity index (χ4v) is 3.53. The highest BCUT2D eigenvalue weighted by Gasteiger charge is 2.19. The van der Waals surface area contributed by atoms with Crippen LogP contribution in [0.15, 0.2) is 24.3 Å². The lowest BCUT2D eigenvalue weighted by Crippen LogP contribution is -1.91. The van der Waals surface area contributed by atoms with Crippen LogP contribution in [0.4, 0.5) is 5.69 Å². The second kappa shape index (κ2) is 5.14. The van der Waals surface area contributed by atoms with Crippen LogP contribution in [-0.4, -0.2) is 34.3 Å². The van der Waals surface area contributed by atoms with E-state index in [1.165, 1.54) is 35.0 Å². The van der Waals surface area contributed by atoms with Gasteiger partial charge < -0.3 is 0 Å². The highest BCUT2D eigenvalue weighted by atomic mass is 32.1. The summed E-state index contributed by atoms with van der Waals surface area (Å²) in [7, 11) is 0. The zero-order valence-electron chi connectivity index (χ0n) is 11.6. The zero-order valence-corrected chi connectivity index (χ0v) is 13.2. The van der Waals surface area contributed by atoms with Gasteiger partial charge in [0.15, 0.2) is 5.82 Å². The molecule has 0 aliphatic rings. The van der Waals surface area contributed by atoms with Crippen molar-refractivity contribution in [1.29, 1.82) is 0 Å². The Morgan fingerprint density at radius 1 is 1.26 bits per heavy atom. The highest BCUT2D eigenvalue weighted by Crippen LogP contribution is 2.31. The summed E-state index contributed by atoms with van der Waals surface area (Å²) in [5.74, 6) is 0.570. The van der Waals surface area contributed by atoms with Crippen LogP contribution in [-0.2, 0) is 0 Å². The smallest absolute Gasteiger partial charge is 0.258 e. The Hall–Kier alpha value is -2.79. The number of benzene rings is 1. The first-order valence-electron chi connectivity index (χ1n) is 6.40. The third kappa shape index (κ3) is 2.26. The predicted molar refractivity (Wildman–Crippen MR) is 84.4 cm³/mol. The number of nitrogens with zero attached hydrogens (tertiary/aromatic N) is 7. The van der Waals surface area contributed by atoms with E-state index < -0.39 is 4.92 Å². The summed E-state index contributed by atoms with van der Waals surface area (Å²) in [5, 5.41) is 28.2. The van der Waals surface area contributed by atoms with Gasteiger partial charge in [-0.25, -0.2) is 0 Å². The molecular formula is C12H7N7O2S2. The van der Waals surface area contributed by atoms with Gasteiger partial charge in [0.2, 0.25) is 4.96 Å². The fourth-order valence-electron chi connectivity index (χ4n) is 2.06. The molecule has 0 spiro atoms. The lowest BCUT2D eigenvalue weighted by atomic mass is 10.2. The lowest BCUT2D eigenvalue weighted by molar-refractivity contribution is -0.384. The highest BCUT2D eigenvalue weighted by molar-refractivity contribution is 7.19. The van der Waals surface area contributed by atoms with Crippen molar-refractivity contribution in [2.75, 3.05) is 0 Å². The van der Waals surface area contributed by atoms with Crippen LogP contribution in [0.25, 0.3) is 26.2 Å². The molecule has 0 saturated carbocycles. The van der Waals surface area contributed by atoms with Crippen LogP contribution in [0.1, 0.15) is 5.69 Å². The van der Waals surface area contributed by atoms with Gasteiger partial charge in [-0.2, -0.15) is 9.61 Å². The molecule has 0 aliphatic carbocycles. The number of nitro benzene ring substituents is 1. The Morgan fingerprint density at radius 2 is 2.13 bits per heavy atom. The molecule has 114 valence electrons. The van der Waals surface area contributed by atoms with Gasteiger partial charge in [-0.05, 0) is 18.5 Å². The summed E-state index contributed by atoms with van der Waals surface area (Å²) in [6.07, 6.45) is 0. The molecule has 4 rings (SSSR count). The third-order valence-corrected chi connectivity index (χ3v) is 4.92. The molecule has 3 aromatic heterocycles. The van der Waals surface area contributed by atoms with Crippen molar-refractivity contribution >= 4 is 33.5 Å². The standard InChI is InChI=1S/C12H7N7O2S2/c1-6-9(23-17-13-6)10-14-15-12-18(10)16-11(22-12)7-3-2-4-8(5-7)19(20)21/h2-5H,1H3.